The summed E-state index contributed by atoms with van der Waals surface area (Å²) in [6, 6.07) is 10.2. The number of fused-ring (bicyclic) bond motifs is 1. The third-order valence-corrected chi connectivity index (χ3v) is 6.30. The van der Waals surface area contributed by atoms with E-state index in [0.717, 1.165) is 41.9 Å². The van der Waals surface area contributed by atoms with Crippen LogP contribution >= 0.6 is 0 Å². The molecule has 7 nitrogen and oxygen atoms in total. The van der Waals surface area contributed by atoms with Gasteiger partial charge in [0.1, 0.15) is 5.82 Å². The first-order valence-electron chi connectivity index (χ1n) is 11.0. The molecule has 1 aromatic carbocycles. The zero-order valence-electron chi connectivity index (χ0n) is 18.7. The lowest BCUT2D eigenvalue weighted by Gasteiger charge is -2.36. The van der Waals surface area contributed by atoms with Crippen molar-refractivity contribution in [1.82, 2.24) is 19.5 Å². The van der Waals surface area contributed by atoms with Gasteiger partial charge in [-0.3, -0.25) is 0 Å². The highest BCUT2D eigenvalue weighted by Gasteiger charge is 2.42. The molecule has 0 radical (unpaired) electrons. The fourth-order valence-electron chi connectivity index (χ4n) is 4.69. The first-order chi connectivity index (χ1) is 14.8. The Kier molecular flexibility index (Phi) is 5.60. The van der Waals surface area contributed by atoms with Crippen molar-refractivity contribution >= 4 is 17.6 Å². The third-order valence-electron chi connectivity index (χ3n) is 6.30. The average Bonchev–Trinajstić information content (AvgIpc) is 3.36. The number of hydrogen-bond donors (Lipinski definition) is 2. The SMILES string of the molecule is CCc1ccccc1-c1cnn2ccc(NCC3CCC(C(C)(C)C)N3C(=O)O)nc12. The molecular formula is C24H31N5O2. The van der Waals surface area contributed by atoms with Crippen molar-refractivity contribution in [2.24, 2.45) is 5.41 Å². The molecule has 1 fully saturated rings. The molecule has 0 saturated carbocycles. The molecule has 2 atom stereocenters. The van der Waals surface area contributed by atoms with Gasteiger partial charge in [-0.15, -0.1) is 0 Å². The van der Waals surface area contributed by atoms with Gasteiger partial charge >= 0.3 is 6.09 Å². The standard InChI is InChI=1S/C24H31N5O2/c1-5-16-8-6-7-9-18(16)19-15-26-28-13-12-21(27-22(19)28)25-14-17-10-11-20(24(2,3)4)29(17)23(30)31/h6-9,12-13,15,17,20H,5,10-11,14H2,1-4H3,(H,25,27)(H,30,31). The molecule has 3 heterocycles. The molecule has 2 N–H and O–H groups in total. The van der Waals surface area contributed by atoms with Crippen LogP contribution in [0.4, 0.5) is 10.6 Å². The quantitative estimate of drug-likeness (QED) is 0.610. The number of nitrogens with one attached hydrogen (secondary N) is 1. The zero-order valence-corrected chi connectivity index (χ0v) is 18.7. The number of carboxylic acid groups (broad SMARTS) is 1. The second-order valence-electron chi connectivity index (χ2n) is 9.33. The molecule has 3 aromatic rings. The summed E-state index contributed by atoms with van der Waals surface area (Å²) in [5, 5.41) is 17.6. The van der Waals surface area contributed by atoms with Crippen molar-refractivity contribution in [3.8, 4) is 11.1 Å². The fraction of sp³-hybridized carbons (Fsp3) is 0.458. The highest BCUT2D eigenvalue weighted by atomic mass is 16.4. The van der Waals surface area contributed by atoms with E-state index in [9.17, 15) is 9.90 Å². The molecule has 164 valence electrons. The Balaban J connectivity index is 1.57. The number of benzene rings is 1. The molecule has 2 unspecified atom stereocenters. The summed E-state index contributed by atoms with van der Waals surface area (Å²) < 4.78 is 1.78. The number of carbonyl (C=O) groups is 1. The van der Waals surface area contributed by atoms with Gasteiger partial charge in [-0.05, 0) is 41.9 Å². The molecule has 1 amide bonds. The average molecular weight is 422 g/mol. The van der Waals surface area contributed by atoms with Gasteiger partial charge < -0.3 is 15.3 Å². The summed E-state index contributed by atoms with van der Waals surface area (Å²) in [7, 11) is 0. The number of hydrogen-bond acceptors (Lipinski definition) is 4. The molecular weight excluding hydrogens is 390 g/mol. The van der Waals surface area contributed by atoms with Crippen molar-refractivity contribution in [3.63, 3.8) is 0 Å². The second-order valence-corrected chi connectivity index (χ2v) is 9.33. The van der Waals surface area contributed by atoms with Crippen LogP contribution in [0.3, 0.4) is 0 Å². The Morgan fingerprint density at radius 2 is 1.97 bits per heavy atom. The van der Waals surface area contributed by atoms with Gasteiger partial charge in [-0.1, -0.05) is 52.0 Å². The molecule has 1 aliphatic rings. The van der Waals surface area contributed by atoms with E-state index in [1.54, 1.807) is 9.42 Å². The van der Waals surface area contributed by atoms with Crippen LogP contribution in [0.5, 0.6) is 0 Å². The minimum atomic E-state index is -0.845. The van der Waals surface area contributed by atoms with Crippen molar-refractivity contribution in [1.29, 1.82) is 0 Å². The van der Waals surface area contributed by atoms with Crippen LogP contribution < -0.4 is 5.32 Å². The maximum atomic E-state index is 12.0. The lowest BCUT2D eigenvalue weighted by atomic mass is 9.85. The van der Waals surface area contributed by atoms with Crippen molar-refractivity contribution < 1.29 is 9.90 Å². The number of rotatable bonds is 5. The lowest BCUT2D eigenvalue weighted by molar-refractivity contribution is 0.0893. The predicted octanol–water partition coefficient (Wildman–Crippen LogP) is 4.93. The first kappa shape index (κ1) is 21.2. The Labute approximate surface area is 183 Å². The summed E-state index contributed by atoms with van der Waals surface area (Å²) >= 11 is 0. The maximum absolute atomic E-state index is 12.0. The molecule has 0 aliphatic carbocycles. The Hall–Kier alpha value is -3.09. The van der Waals surface area contributed by atoms with Crippen LogP contribution in [0.25, 0.3) is 16.8 Å². The Morgan fingerprint density at radius 1 is 1.19 bits per heavy atom. The molecule has 2 aromatic heterocycles. The van der Waals surface area contributed by atoms with E-state index in [2.05, 4.69) is 56.3 Å². The monoisotopic (exact) mass is 421 g/mol. The van der Waals surface area contributed by atoms with Crippen molar-refractivity contribution in [2.75, 3.05) is 11.9 Å². The normalized spacial score (nSPS) is 19.2. The summed E-state index contributed by atoms with van der Waals surface area (Å²) in [5.74, 6) is 0.729. The molecule has 4 rings (SSSR count). The summed E-state index contributed by atoms with van der Waals surface area (Å²) in [6.07, 6.45) is 5.58. The predicted molar refractivity (Wildman–Crippen MR) is 122 cm³/mol. The van der Waals surface area contributed by atoms with Crippen LogP contribution in [0.1, 0.15) is 46.1 Å². The van der Waals surface area contributed by atoms with Crippen molar-refractivity contribution in [3.05, 3.63) is 48.3 Å². The van der Waals surface area contributed by atoms with Crippen LogP contribution in [0, 0.1) is 5.41 Å². The van der Waals surface area contributed by atoms with E-state index >= 15 is 0 Å². The molecule has 1 saturated heterocycles. The first-order valence-corrected chi connectivity index (χ1v) is 11.0. The van der Waals surface area contributed by atoms with E-state index < -0.39 is 6.09 Å². The molecule has 1 aliphatic heterocycles. The minimum Gasteiger partial charge on any atom is -0.465 e. The lowest BCUT2D eigenvalue weighted by Crippen LogP contribution is -2.48. The largest absolute Gasteiger partial charge is 0.465 e. The van der Waals surface area contributed by atoms with E-state index in [4.69, 9.17) is 4.98 Å². The van der Waals surface area contributed by atoms with Crippen LogP contribution in [-0.2, 0) is 6.42 Å². The van der Waals surface area contributed by atoms with Gasteiger partial charge in [-0.25, -0.2) is 14.3 Å². The summed E-state index contributed by atoms with van der Waals surface area (Å²) in [6.45, 7) is 9.00. The Bertz CT molecular complexity index is 1090. The van der Waals surface area contributed by atoms with Gasteiger partial charge in [0.15, 0.2) is 5.65 Å². The van der Waals surface area contributed by atoms with E-state index in [-0.39, 0.29) is 17.5 Å². The van der Waals surface area contributed by atoms with Gasteiger partial charge in [0.2, 0.25) is 0 Å². The van der Waals surface area contributed by atoms with Crippen LogP contribution in [0.2, 0.25) is 0 Å². The molecule has 0 spiro atoms. The van der Waals surface area contributed by atoms with Gasteiger partial charge in [0.05, 0.1) is 12.2 Å². The van der Waals surface area contributed by atoms with Gasteiger partial charge in [0, 0.05) is 24.3 Å². The molecule has 7 heteroatoms. The summed E-state index contributed by atoms with van der Waals surface area (Å²) in [4.78, 5) is 18.4. The van der Waals surface area contributed by atoms with Gasteiger partial charge in [-0.2, -0.15) is 5.10 Å². The molecule has 31 heavy (non-hydrogen) atoms. The summed E-state index contributed by atoms with van der Waals surface area (Å²) in [5.41, 5.74) is 4.12. The fourth-order valence-corrected chi connectivity index (χ4v) is 4.69. The Morgan fingerprint density at radius 3 is 2.68 bits per heavy atom. The van der Waals surface area contributed by atoms with E-state index in [0.29, 0.717) is 6.54 Å². The number of likely N-dealkylation sites (tertiary alicyclic amines) is 1. The second kappa shape index (κ2) is 8.21. The topological polar surface area (TPSA) is 82.8 Å². The smallest absolute Gasteiger partial charge is 0.407 e. The van der Waals surface area contributed by atoms with E-state index in [1.165, 1.54) is 5.56 Å². The number of aromatic nitrogens is 3. The van der Waals surface area contributed by atoms with Gasteiger partial charge in [0.25, 0.3) is 0 Å². The third kappa shape index (κ3) is 4.09. The molecule has 0 bridgehead atoms. The minimum absolute atomic E-state index is 0.0271. The zero-order chi connectivity index (χ0) is 22.2. The number of aryl methyl sites for hydroxylation is 1. The number of nitrogens with zero attached hydrogens (tertiary/aromatic N) is 4. The van der Waals surface area contributed by atoms with Crippen LogP contribution in [0.15, 0.2) is 42.7 Å². The van der Waals surface area contributed by atoms with Crippen molar-refractivity contribution in [2.45, 2.75) is 59.0 Å². The maximum Gasteiger partial charge on any atom is 0.407 e. The highest BCUT2D eigenvalue weighted by Crippen LogP contribution is 2.36. The number of anilines is 1. The number of amides is 1. The van der Waals surface area contributed by atoms with Crippen LogP contribution in [-0.4, -0.2) is 49.3 Å². The highest BCUT2D eigenvalue weighted by molar-refractivity contribution is 5.79. The van der Waals surface area contributed by atoms with E-state index in [1.807, 2.05) is 24.5 Å².